The van der Waals surface area contributed by atoms with Crippen LogP contribution in [0.25, 0.3) is 11.1 Å². The predicted octanol–water partition coefficient (Wildman–Crippen LogP) is 4.79. The number of hydrogen-bond donors (Lipinski definition) is 0. The molecule has 0 N–H and O–H groups in total. The molecule has 29 heavy (non-hydrogen) atoms. The molecule has 3 rings (SSSR count). The van der Waals surface area contributed by atoms with Crippen LogP contribution in [0.1, 0.15) is 27.0 Å². The first kappa shape index (κ1) is 20.3. The van der Waals surface area contributed by atoms with Crippen molar-refractivity contribution in [2.75, 3.05) is 13.7 Å². The highest BCUT2D eigenvalue weighted by molar-refractivity contribution is 5.91. The van der Waals surface area contributed by atoms with Crippen molar-refractivity contribution in [2.24, 2.45) is 0 Å². The largest absolute Gasteiger partial charge is 0.452 e. The predicted molar refractivity (Wildman–Crippen MR) is 115 cm³/mol. The number of nitrogens with zero attached hydrogens (tertiary/aromatic N) is 1. The summed E-state index contributed by atoms with van der Waals surface area (Å²) in [5, 5.41) is 0. The standard InChI is InChI=1S/C25H25NO3/c1-18-9-10-23(19(2)15-18)16-26(3)24(27)17-29-25(28)22-13-11-21(12-14-22)20-7-5-4-6-8-20/h4-15H,16-17H2,1-3H3. The Morgan fingerprint density at radius 3 is 2.17 bits per heavy atom. The Balaban J connectivity index is 1.55. The van der Waals surface area contributed by atoms with Crippen molar-refractivity contribution >= 4 is 11.9 Å². The Hall–Kier alpha value is -3.40. The van der Waals surface area contributed by atoms with E-state index in [1.165, 1.54) is 5.56 Å². The van der Waals surface area contributed by atoms with Gasteiger partial charge in [-0.05, 0) is 48.2 Å². The van der Waals surface area contributed by atoms with E-state index in [9.17, 15) is 9.59 Å². The zero-order chi connectivity index (χ0) is 20.8. The fourth-order valence-corrected chi connectivity index (χ4v) is 3.12. The van der Waals surface area contributed by atoms with E-state index < -0.39 is 5.97 Å². The highest BCUT2D eigenvalue weighted by atomic mass is 16.5. The van der Waals surface area contributed by atoms with Crippen LogP contribution in [0.3, 0.4) is 0 Å². The van der Waals surface area contributed by atoms with E-state index in [4.69, 9.17) is 4.74 Å². The van der Waals surface area contributed by atoms with E-state index in [1.807, 2.05) is 68.4 Å². The van der Waals surface area contributed by atoms with Gasteiger partial charge < -0.3 is 9.64 Å². The highest BCUT2D eigenvalue weighted by Gasteiger charge is 2.14. The van der Waals surface area contributed by atoms with Gasteiger partial charge in [-0.2, -0.15) is 0 Å². The van der Waals surface area contributed by atoms with Gasteiger partial charge in [0.1, 0.15) is 0 Å². The molecule has 0 aromatic heterocycles. The van der Waals surface area contributed by atoms with Gasteiger partial charge in [0.2, 0.25) is 0 Å². The van der Waals surface area contributed by atoms with Crippen molar-refractivity contribution in [3.8, 4) is 11.1 Å². The molecule has 0 aliphatic rings. The third-order valence-corrected chi connectivity index (χ3v) is 4.89. The third-order valence-electron chi connectivity index (χ3n) is 4.89. The normalized spacial score (nSPS) is 10.4. The van der Waals surface area contributed by atoms with Gasteiger partial charge in [-0.25, -0.2) is 4.79 Å². The number of hydrogen-bond acceptors (Lipinski definition) is 3. The van der Waals surface area contributed by atoms with Crippen LogP contribution in [0.15, 0.2) is 72.8 Å². The van der Waals surface area contributed by atoms with Crippen LogP contribution in [0, 0.1) is 13.8 Å². The molecule has 0 saturated carbocycles. The molecule has 0 atom stereocenters. The second kappa shape index (κ2) is 9.20. The number of carbonyl (C=O) groups excluding carboxylic acids is 2. The summed E-state index contributed by atoms with van der Waals surface area (Å²) < 4.78 is 5.21. The van der Waals surface area contributed by atoms with E-state index in [0.29, 0.717) is 12.1 Å². The van der Waals surface area contributed by atoms with Crippen LogP contribution in [0.2, 0.25) is 0 Å². The monoisotopic (exact) mass is 387 g/mol. The summed E-state index contributed by atoms with van der Waals surface area (Å²) in [6.45, 7) is 4.27. The van der Waals surface area contributed by atoms with Crippen LogP contribution in [0.5, 0.6) is 0 Å². The topological polar surface area (TPSA) is 46.6 Å². The van der Waals surface area contributed by atoms with Gasteiger partial charge in [-0.15, -0.1) is 0 Å². The Morgan fingerprint density at radius 2 is 1.52 bits per heavy atom. The van der Waals surface area contributed by atoms with Gasteiger partial charge in [0.15, 0.2) is 6.61 Å². The molecular weight excluding hydrogens is 362 g/mol. The van der Waals surface area contributed by atoms with E-state index in [1.54, 1.807) is 24.1 Å². The van der Waals surface area contributed by atoms with Crippen LogP contribution in [-0.4, -0.2) is 30.4 Å². The third kappa shape index (κ3) is 5.32. The van der Waals surface area contributed by atoms with Crippen molar-refractivity contribution < 1.29 is 14.3 Å². The number of benzene rings is 3. The molecule has 0 aliphatic carbocycles. The van der Waals surface area contributed by atoms with E-state index in [-0.39, 0.29) is 12.5 Å². The summed E-state index contributed by atoms with van der Waals surface area (Å²) in [4.78, 5) is 26.2. The molecule has 0 heterocycles. The second-order valence-corrected chi connectivity index (χ2v) is 7.20. The quantitative estimate of drug-likeness (QED) is 0.572. The molecule has 0 saturated heterocycles. The van der Waals surface area contributed by atoms with Crippen LogP contribution >= 0.6 is 0 Å². The Bertz CT molecular complexity index is 994. The average Bonchev–Trinajstić information content (AvgIpc) is 2.74. The van der Waals surface area contributed by atoms with E-state index in [2.05, 4.69) is 6.07 Å². The molecular formula is C25H25NO3. The van der Waals surface area contributed by atoms with Gasteiger partial charge in [0, 0.05) is 13.6 Å². The smallest absolute Gasteiger partial charge is 0.338 e. The Kier molecular flexibility index (Phi) is 6.45. The minimum atomic E-state index is -0.502. The number of esters is 1. The molecule has 0 fully saturated rings. The lowest BCUT2D eigenvalue weighted by Gasteiger charge is -2.18. The molecule has 0 bridgehead atoms. The number of rotatable bonds is 6. The van der Waals surface area contributed by atoms with Gasteiger partial charge >= 0.3 is 5.97 Å². The molecule has 3 aromatic rings. The highest BCUT2D eigenvalue weighted by Crippen LogP contribution is 2.19. The maximum Gasteiger partial charge on any atom is 0.338 e. The van der Waals surface area contributed by atoms with Crippen LogP contribution in [0.4, 0.5) is 0 Å². The molecule has 1 amide bonds. The number of carbonyl (C=O) groups is 2. The second-order valence-electron chi connectivity index (χ2n) is 7.20. The molecule has 4 nitrogen and oxygen atoms in total. The minimum absolute atomic E-state index is 0.237. The zero-order valence-corrected chi connectivity index (χ0v) is 17.0. The summed E-state index contributed by atoms with van der Waals surface area (Å²) in [5.41, 5.74) is 5.93. The summed E-state index contributed by atoms with van der Waals surface area (Å²) in [6.07, 6.45) is 0. The summed E-state index contributed by atoms with van der Waals surface area (Å²) in [7, 11) is 1.71. The molecule has 0 aliphatic heterocycles. The first-order valence-electron chi connectivity index (χ1n) is 9.57. The maximum atomic E-state index is 12.3. The fourth-order valence-electron chi connectivity index (χ4n) is 3.12. The van der Waals surface area contributed by atoms with Crippen LogP contribution in [-0.2, 0) is 16.1 Å². The summed E-state index contributed by atoms with van der Waals surface area (Å²) in [6, 6.07) is 23.2. The minimum Gasteiger partial charge on any atom is -0.452 e. The lowest BCUT2D eigenvalue weighted by atomic mass is 10.0. The van der Waals surface area contributed by atoms with Gasteiger partial charge in [-0.3, -0.25) is 4.79 Å². The molecule has 3 aromatic carbocycles. The molecule has 0 unspecified atom stereocenters. The number of ether oxygens (including phenoxy) is 1. The average molecular weight is 387 g/mol. The first-order valence-corrected chi connectivity index (χ1v) is 9.57. The van der Waals surface area contributed by atoms with Gasteiger partial charge in [0.25, 0.3) is 5.91 Å². The lowest BCUT2D eigenvalue weighted by Crippen LogP contribution is -2.31. The molecule has 148 valence electrons. The van der Waals surface area contributed by atoms with Crippen molar-refractivity contribution in [2.45, 2.75) is 20.4 Å². The lowest BCUT2D eigenvalue weighted by molar-refractivity contribution is -0.133. The molecule has 0 spiro atoms. The zero-order valence-electron chi connectivity index (χ0n) is 17.0. The van der Waals surface area contributed by atoms with Crippen molar-refractivity contribution in [1.29, 1.82) is 0 Å². The molecule has 0 radical (unpaired) electrons. The van der Waals surface area contributed by atoms with Crippen molar-refractivity contribution in [3.63, 3.8) is 0 Å². The van der Waals surface area contributed by atoms with Gasteiger partial charge in [0.05, 0.1) is 5.56 Å². The number of likely N-dealkylation sites (N-methyl/N-ethyl adjacent to an activating group) is 1. The number of aryl methyl sites for hydroxylation is 2. The van der Waals surface area contributed by atoms with Crippen molar-refractivity contribution in [3.05, 3.63) is 95.1 Å². The summed E-state index contributed by atoms with van der Waals surface area (Å²) >= 11 is 0. The maximum absolute atomic E-state index is 12.3. The fraction of sp³-hybridized carbons (Fsp3) is 0.200. The summed E-state index contributed by atoms with van der Waals surface area (Å²) in [5.74, 6) is -0.739. The Morgan fingerprint density at radius 1 is 0.862 bits per heavy atom. The Labute approximate surface area is 171 Å². The van der Waals surface area contributed by atoms with Crippen molar-refractivity contribution in [1.82, 2.24) is 4.90 Å². The SMILES string of the molecule is Cc1ccc(CN(C)C(=O)COC(=O)c2ccc(-c3ccccc3)cc2)c(C)c1. The van der Waals surface area contributed by atoms with E-state index >= 15 is 0 Å². The van der Waals surface area contributed by atoms with Crippen LogP contribution < -0.4 is 0 Å². The first-order chi connectivity index (χ1) is 13.9. The van der Waals surface area contributed by atoms with Gasteiger partial charge in [-0.1, -0.05) is 66.2 Å². The number of amides is 1. The van der Waals surface area contributed by atoms with E-state index in [0.717, 1.165) is 22.3 Å². The molecule has 4 heteroatoms.